The lowest BCUT2D eigenvalue weighted by Crippen LogP contribution is -2.54. The van der Waals surface area contributed by atoms with E-state index < -0.39 is 54.0 Å². The summed E-state index contributed by atoms with van der Waals surface area (Å²) < 4.78 is 51.5. The van der Waals surface area contributed by atoms with Gasteiger partial charge in [0.15, 0.2) is 35.9 Å². The Hall–Kier alpha value is -7.42. The summed E-state index contributed by atoms with van der Waals surface area (Å²) >= 11 is 0. The van der Waals surface area contributed by atoms with Crippen molar-refractivity contribution < 1.29 is 76.5 Å². The molecule has 0 saturated carbocycles. The highest BCUT2D eigenvalue weighted by Gasteiger charge is 2.46. The zero-order valence-electron chi connectivity index (χ0n) is 43.2. The van der Waals surface area contributed by atoms with E-state index in [1.54, 1.807) is 55.5 Å². The molecule has 20 nitrogen and oxygen atoms in total. The van der Waals surface area contributed by atoms with Gasteiger partial charge >= 0.3 is 0 Å². The molecule has 5 atom stereocenters. The first-order chi connectivity index (χ1) is 36.3. The highest BCUT2D eigenvalue weighted by atomic mass is 16.6. The Bertz CT molecular complexity index is 2650. The van der Waals surface area contributed by atoms with Crippen LogP contribution in [0.3, 0.4) is 0 Å². The smallest absolute Gasteiger partial charge is 0.266 e. The number of methoxy groups -OCH3 is 5. The van der Waals surface area contributed by atoms with Gasteiger partial charge in [-0.3, -0.25) is 39.0 Å². The third-order valence-corrected chi connectivity index (χ3v) is 13.5. The number of likely N-dealkylation sites (tertiary alicyclic amines) is 1. The number of piperidine rings is 2. The van der Waals surface area contributed by atoms with Crippen LogP contribution in [0.2, 0.25) is 0 Å². The molecule has 3 aliphatic heterocycles. The van der Waals surface area contributed by atoms with Crippen molar-refractivity contribution in [3.8, 4) is 40.2 Å². The van der Waals surface area contributed by atoms with Gasteiger partial charge in [-0.2, -0.15) is 0 Å². The maximum atomic E-state index is 14.5. The SMILES string of the molecule is CC[C@H](C(=O)N1CCCC[C@H]1C(O)O[C@H](CCc1ccc(OC)c(OC)c1)c1ccc(OCC(=O)NCCOCCOc2cccc3c2C(=O)N(C2CCC(=O)NC2=O)C3=O)cc1)c1cc(OC)c(OC)c(OC)c1. The van der Waals surface area contributed by atoms with E-state index in [-0.39, 0.29) is 74.5 Å². The number of fused-ring (bicyclic) bond motifs is 1. The van der Waals surface area contributed by atoms with Gasteiger partial charge in [0.25, 0.3) is 17.7 Å². The van der Waals surface area contributed by atoms with Gasteiger partial charge in [-0.25, -0.2) is 0 Å². The molecule has 0 spiro atoms. The van der Waals surface area contributed by atoms with Crippen molar-refractivity contribution in [3.63, 3.8) is 0 Å². The molecule has 2 unspecified atom stereocenters. The molecule has 3 N–H and O–H groups in total. The summed E-state index contributed by atoms with van der Waals surface area (Å²) in [5.41, 5.74) is 2.55. The van der Waals surface area contributed by atoms with E-state index in [2.05, 4.69) is 10.6 Å². The third kappa shape index (κ3) is 13.1. The first-order valence-electron chi connectivity index (χ1n) is 25.0. The van der Waals surface area contributed by atoms with Crippen LogP contribution in [-0.2, 0) is 35.1 Å². The average molecular weight is 1040 g/mol. The van der Waals surface area contributed by atoms with Crippen molar-refractivity contribution in [1.29, 1.82) is 0 Å². The highest BCUT2D eigenvalue weighted by molar-refractivity contribution is 6.24. The molecule has 2 saturated heterocycles. The lowest BCUT2D eigenvalue weighted by Gasteiger charge is -2.41. The largest absolute Gasteiger partial charge is 0.493 e. The fourth-order valence-electron chi connectivity index (χ4n) is 9.65. The van der Waals surface area contributed by atoms with E-state index in [1.807, 2.05) is 37.3 Å². The summed E-state index contributed by atoms with van der Waals surface area (Å²) in [6.45, 7) is 2.56. The maximum absolute atomic E-state index is 14.5. The van der Waals surface area contributed by atoms with Gasteiger partial charge in [0.2, 0.25) is 23.5 Å². The van der Waals surface area contributed by atoms with E-state index in [0.717, 1.165) is 28.9 Å². The quantitative estimate of drug-likeness (QED) is 0.0411. The second-order valence-electron chi connectivity index (χ2n) is 18.1. The number of hydrogen-bond acceptors (Lipinski definition) is 16. The van der Waals surface area contributed by atoms with E-state index in [1.165, 1.54) is 27.4 Å². The van der Waals surface area contributed by atoms with Crippen LogP contribution >= 0.6 is 0 Å². The van der Waals surface area contributed by atoms with Crippen molar-refractivity contribution in [2.75, 3.05) is 75.1 Å². The number of rotatable bonds is 26. The Morgan fingerprint density at radius 2 is 1.49 bits per heavy atom. The Labute approximate surface area is 435 Å². The second kappa shape index (κ2) is 26.2. The number of carbonyl (C=O) groups excluding carboxylic acids is 6. The summed E-state index contributed by atoms with van der Waals surface area (Å²) in [5.74, 6) is -0.473. The fraction of sp³-hybridized carbons (Fsp3) is 0.455. The number of ether oxygens (including phenoxy) is 9. The molecule has 7 rings (SSSR count). The number of amides is 6. The number of aliphatic hydroxyl groups is 1. The molecule has 0 radical (unpaired) electrons. The Balaban J connectivity index is 0.926. The third-order valence-electron chi connectivity index (χ3n) is 13.5. The Morgan fingerprint density at radius 1 is 0.760 bits per heavy atom. The summed E-state index contributed by atoms with van der Waals surface area (Å²) in [6.07, 6.45) is 1.69. The molecular weight excluding hydrogens is 973 g/mol. The van der Waals surface area contributed by atoms with Crippen LogP contribution in [0.15, 0.2) is 72.8 Å². The normalized spacial score (nSPS) is 17.6. The fourth-order valence-corrected chi connectivity index (χ4v) is 9.65. The molecule has 3 aliphatic rings. The monoisotopic (exact) mass is 1040 g/mol. The topological polar surface area (TPSA) is 236 Å². The number of nitrogens with zero attached hydrogens (tertiary/aromatic N) is 2. The maximum Gasteiger partial charge on any atom is 0.266 e. The minimum absolute atomic E-state index is 0.0111. The standard InChI is InChI=1S/C55H66N4O16/c1-7-37(35-30-45(69-4)50(71-6)46(31-35)70-5)52(63)58-25-9-8-12-40(58)55(66)75-41(21-14-33-15-22-42(67-2)44(29-33)68-3)34-16-18-36(19-17-34)74-32-48(61)56-24-26-72-27-28-73-43-13-10-11-38-49(43)54(65)59(53(38)64)39-20-23-47(60)57-51(39)62/h10-11,13,15-19,22,29-31,37,39-41,55,66H,7-9,12,14,20-21,23-28,32H2,1-6H3,(H,56,61)(H,57,60,62)/t37-,39?,40-,41+,55?/m0/s1. The number of nitrogens with one attached hydrogen (secondary N) is 2. The number of aliphatic hydroxyl groups excluding tert-OH is 1. The summed E-state index contributed by atoms with van der Waals surface area (Å²) in [5, 5.41) is 16.9. The highest BCUT2D eigenvalue weighted by Crippen LogP contribution is 2.42. The predicted molar refractivity (Wildman–Crippen MR) is 271 cm³/mol. The first-order valence-corrected chi connectivity index (χ1v) is 25.0. The van der Waals surface area contributed by atoms with Gasteiger partial charge in [0.1, 0.15) is 24.1 Å². The minimum atomic E-state index is -1.33. The van der Waals surface area contributed by atoms with Crippen molar-refractivity contribution in [2.45, 2.75) is 88.7 Å². The lowest BCUT2D eigenvalue weighted by molar-refractivity contribution is -0.187. The molecule has 3 heterocycles. The van der Waals surface area contributed by atoms with E-state index >= 15 is 0 Å². The molecular formula is C55H66N4O16. The molecule has 402 valence electrons. The van der Waals surface area contributed by atoms with Crippen LogP contribution in [0.4, 0.5) is 0 Å². The molecule has 2 fully saturated rings. The number of aryl methyl sites for hydroxylation is 1. The van der Waals surface area contributed by atoms with E-state index in [0.29, 0.717) is 72.3 Å². The molecule has 75 heavy (non-hydrogen) atoms. The second-order valence-corrected chi connectivity index (χ2v) is 18.1. The van der Waals surface area contributed by atoms with Crippen LogP contribution in [0.25, 0.3) is 0 Å². The summed E-state index contributed by atoms with van der Waals surface area (Å²) in [4.78, 5) is 80.4. The van der Waals surface area contributed by atoms with Gasteiger partial charge in [0, 0.05) is 19.5 Å². The predicted octanol–water partition coefficient (Wildman–Crippen LogP) is 5.31. The zero-order valence-corrected chi connectivity index (χ0v) is 43.2. The Kier molecular flexibility index (Phi) is 19.3. The van der Waals surface area contributed by atoms with Crippen LogP contribution in [0.1, 0.15) is 101 Å². The Morgan fingerprint density at radius 3 is 2.17 bits per heavy atom. The summed E-state index contributed by atoms with van der Waals surface area (Å²) in [6, 6.07) is 19.2. The van der Waals surface area contributed by atoms with Gasteiger partial charge in [-0.15, -0.1) is 0 Å². The van der Waals surface area contributed by atoms with Crippen molar-refractivity contribution in [1.82, 2.24) is 20.4 Å². The van der Waals surface area contributed by atoms with Gasteiger partial charge in [0.05, 0.1) is 78.0 Å². The molecule has 4 aromatic carbocycles. The van der Waals surface area contributed by atoms with Crippen LogP contribution in [-0.4, -0.2) is 144 Å². The van der Waals surface area contributed by atoms with Gasteiger partial charge in [-0.1, -0.05) is 31.2 Å². The molecule has 20 heteroatoms. The average Bonchev–Trinajstić information content (AvgIpc) is 3.69. The molecule has 6 amide bonds. The summed E-state index contributed by atoms with van der Waals surface area (Å²) in [7, 11) is 7.73. The van der Waals surface area contributed by atoms with Crippen LogP contribution in [0.5, 0.6) is 40.2 Å². The zero-order chi connectivity index (χ0) is 53.6. The van der Waals surface area contributed by atoms with E-state index in [4.69, 9.17) is 42.6 Å². The van der Waals surface area contributed by atoms with Crippen molar-refractivity contribution >= 4 is 35.4 Å². The number of benzene rings is 4. The first kappa shape index (κ1) is 55.3. The van der Waals surface area contributed by atoms with Crippen LogP contribution < -0.4 is 43.8 Å². The molecule has 0 aliphatic carbocycles. The molecule has 0 aromatic heterocycles. The number of carbonyl (C=O) groups is 6. The molecule has 4 aromatic rings. The number of imide groups is 2. The van der Waals surface area contributed by atoms with Crippen LogP contribution in [0, 0.1) is 0 Å². The lowest BCUT2D eigenvalue weighted by atomic mass is 9.91. The van der Waals surface area contributed by atoms with Crippen molar-refractivity contribution in [2.24, 2.45) is 0 Å². The van der Waals surface area contributed by atoms with Crippen molar-refractivity contribution in [3.05, 3.63) is 101 Å². The van der Waals surface area contributed by atoms with E-state index in [9.17, 15) is 33.9 Å². The molecule has 0 bridgehead atoms. The van der Waals surface area contributed by atoms with Gasteiger partial charge in [-0.05, 0) is 110 Å². The minimum Gasteiger partial charge on any atom is -0.493 e. The number of hydrogen-bond donors (Lipinski definition) is 3. The van der Waals surface area contributed by atoms with Gasteiger partial charge < -0.3 is 58.0 Å².